The Bertz CT molecular complexity index is 414. The lowest BCUT2D eigenvalue weighted by Gasteiger charge is -2.22. The summed E-state index contributed by atoms with van der Waals surface area (Å²) in [5.41, 5.74) is 1.88. The van der Waals surface area contributed by atoms with Crippen LogP contribution in [-0.4, -0.2) is 26.1 Å². The minimum absolute atomic E-state index is 0.107. The van der Waals surface area contributed by atoms with Gasteiger partial charge in [-0.25, -0.2) is 0 Å². The Hall–Kier alpha value is -1.39. The van der Waals surface area contributed by atoms with E-state index in [0.717, 1.165) is 37.2 Å². The highest BCUT2D eigenvalue weighted by Crippen LogP contribution is 2.19. The van der Waals surface area contributed by atoms with Crippen LogP contribution >= 0.6 is 0 Å². The Kier molecular flexibility index (Phi) is 5.36. The summed E-state index contributed by atoms with van der Waals surface area (Å²) in [5.74, 6) is 0.617. The van der Waals surface area contributed by atoms with Gasteiger partial charge >= 0.3 is 0 Å². The molecule has 1 fully saturated rings. The number of carbonyl (C=O) groups is 1. The molecule has 4 nitrogen and oxygen atoms in total. The Balaban J connectivity index is 1.90. The SMILES string of the molecule is COCc1ccccc1NC(=O)CC1CCNCC1. The molecule has 1 aliphatic heterocycles. The van der Waals surface area contributed by atoms with Crippen LogP contribution < -0.4 is 10.6 Å². The van der Waals surface area contributed by atoms with E-state index in [1.807, 2.05) is 24.3 Å². The third kappa shape index (κ3) is 4.33. The maximum Gasteiger partial charge on any atom is 0.224 e. The van der Waals surface area contributed by atoms with Gasteiger partial charge < -0.3 is 15.4 Å². The van der Waals surface area contributed by atoms with Gasteiger partial charge in [-0.15, -0.1) is 0 Å². The molecule has 1 aromatic carbocycles. The van der Waals surface area contributed by atoms with Crippen LogP contribution in [0.4, 0.5) is 5.69 Å². The molecular weight excluding hydrogens is 240 g/mol. The quantitative estimate of drug-likeness (QED) is 0.855. The third-order valence-corrected chi connectivity index (χ3v) is 3.52. The number of rotatable bonds is 5. The molecule has 0 saturated carbocycles. The van der Waals surface area contributed by atoms with E-state index in [1.165, 1.54) is 0 Å². The number of piperidine rings is 1. The smallest absolute Gasteiger partial charge is 0.224 e. The van der Waals surface area contributed by atoms with Crippen molar-refractivity contribution in [1.82, 2.24) is 5.32 Å². The van der Waals surface area contributed by atoms with Crippen molar-refractivity contribution in [1.29, 1.82) is 0 Å². The van der Waals surface area contributed by atoms with Gasteiger partial charge in [0.25, 0.3) is 0 Å². The zero-order chi connectivity index (χ0) is 13.5. The summed E-state index contributed by atoms with van der Waals surface area (Å²) >= 11 is 0. The number of nitrogens with one attached hydrogen (secondary N) is 2. The minimum Gasteiger partial charge on any atom is -0.380 e. The fourth-order valence-corrected chi connectivity index (χ4v) is 2.47. The van der Waals surface area contributed by atoms with Gasteiger partial charge in [-0.1, -0.05) is 18.2 Å². The van der Waals surface area contributed by atoms with Gasteiger partial charge in [-0.3, -0.25) is 4.79 Å². The molecule has 1 aliphatic rings. The molecule has 0 bridgehead atoms. The highest BCUT2D eigenvalue weighted by molar-refractivity contribution is 5.91. The first-order valence-electron chi connectivity index (χ1n) is 6.87. The summed E-state index contributed by atoms with van der Waals surface area (Å²) < 4.78 is 5.14. The molecule has 1 amide bonds. The van der Waals surface area contributed by atoms with Gasteiger partial charge in [-0.2, -0.15) is 0 Å². The summed E-state index contributed by atoms with van der Waals surface area (Å²) in [6.45, 7) is 2.57. The standard InChI is InChI=1S/C15H22N2O2/c1-19-11-13-4-2-3-5-14(13)17-15(18)10-12-6-8-16-9-7-12/h2-5,12,16H,6-11H2,1H3,(H,17,18). The summed E-state index contributed by atoms with van der Waals surface area (Å²) in [7, 11) is 1.66. The fraction of sp³-hybridized carbons (Fsp3) is 0.533. The molecule has 4 heteroatoms. The van der Waals surface area contributed by atoms with E-state index in [1.54, 1.807) is 7.11 Å². The van der Waals surface area contributed by atoms with E-state index < -0.39 is 0 Å². The number of hydrogen-bond acceptors (Lipinski definition) is 3. The van der Waals surface area contributed by atoms with E-state index in [9.17, 15) is 4.79 Å². The number of amides is 1. The van der Waals surface area contributed by atoms with Gasteiger partial charge in [-0.05, 0) is 37.9 Å². The van der Waals surface area contributed by atoms with Crippen molar-refractivity contribution >= 4 is 11.6 Å². The lowest BCUT2D eigenvalue weighted by molar-refractivity contribution is -0.117. The van der Waals surface area contributed by atoms with Crippen LogP contribution in [0.2, 0.25) is 0 Å². The lowest BCUT2D eigenvalue weighted by atomic mass is 9.94. The average molecular weight is 262 g/mol. The molecule has 1 aromatic rings. The zero-order valence-electron chi connectivity index (χ0n) is 11.4. The van der Waals surface area contributed by atoms with Crippen molar-refractivity contribution in [2.24, 2.45) is 5.92 Å². The summed E-state index contributed by atoms with van der Waals surface area (Å²) in [6.07, 6.45) is 2.79. The molecule has 0 atom stereocenters. The molecule has 1 saturated heterocycles. The first-order valence-corrected chi connectivity index (χ1v) is 6.87. The van der Waals surface area contributed by atoms with Crippen molar-refractivity contribution in [2.75, 3.05) is 25.5 Å². The number of hydrogen-bond donors (Lipinski definition) is 2. The largest absolute Gasteiger partial charge is 0.380 e. The topological polar surface area (TPSA) is 50.4 Å². The van der Waals surface area contributed by atoms with Crippen LogP contribution in [0.5, 0.6) is 0 Å². The van der Waals surface area contributed by atoms with Crippen molar-refractivity contribution in [3.05, 3.63) is 29.8 Å². The van der Waals surface area contributed by atoms with Crippen LogP contribution in [0.3, 0.4) is 0 Å². The molecule has 19 heavy (non-hydrogen) atoms. The van der Waals surface area contributed by atoms with Gasteiger partial charge in [0.1, 0.15) is 0 Å². The Morgan fingerprint density at radius 3 is 2.84 bits per heavy atom. The molecule has 0 aliphatic carbocycles. The van der Waals surface area contributed by atoms with Crippen molar-refractivity contribution in [2.45, 2.75) is 25.9 Å². The first kappa shape index (κ1) is 14.0. The number of ether oxygens (including phenoxy) is 1. The molecule has 2 rings (SSSR count). The van der Waals surface area contributed by atoms with E-state index in [-0.39, 0.29) is 5.91 Å². The van der Waals surface area contributed by atoms with Crippen molar-refractivity contribution in [3.63, 3.8) is 0 Å². The highest BCUT2D eigenvalue weighted by Gasteiger charge is 2.17. The van der Waals surface area contributed by atoms with Gasteiger partial charge in [0.2, 0.25) is 5.91 Å². The normalized spacial score (nSPS) is 16.3. The summed E-state index contributed by atoms with van der Waals surface area (Å²) in [5, 5.41) is 6.32. The predicted molar refractivity (Wildman–Crippen MR) is 76.0 cm³/mol. The molecule has 0 spiro atoms. The maximum atomic E-state index is 12.1. The second kappa shape index (κ2) is 7.26. The maximum absolute atomic E-state index is 12.1. The highest BCUT2D eigenvalue weighted by atomic mass is 16.5. The van der Waals surface area contributed by atoms with Crippen molar-refractivity contribution < 1.29 is 9.53 Å². The summed E-state index contributed by atoms with van der Waals surface area (Å²) in [4.78, 5) is 12.1. The Labute approximate surface area is 114 Å². The number of methoxy groups -OCH3 is 1. The van der Waals surface area contributed by atoms with Crippen LogP contribution in [0.15, 0.2) is 24.3 Å². The van der Waals surface area contributed by atoms with Gasteiger partial charge in [0.15, 0.2) is 0 Å². The second-order valence-electron chi connectivity index (χ2n) is 5.04. The summed E-state index contributed by atoms with van der Waals surface area (Å²) in [6, 6.07) is 7.79. The number of benzene rings is 1. The minimum atomic E-state index is 0.107. The van der Waals surface area contributed by atoms with Crippen LogP contribution in [-0.2, 0) is 16.1 Å². The zero-order valence-corrected chi connectivity index (χ0v) is 11.4. The van der Waals surface area contributed by atoms with Crippen LogP contribution in [0.1, 0.15) is 24.8 Å². The monoisotopic (exact) mass is 262 g/mol. The molecule has 104 valence electrons. The van der Waals surface area contributed by atoms with Crippen molar-refractivity contribution in [3.8, 4) is 0 Å². The van der Waals surface area contributed by atoms with E-state index in [2.05, 4.69) is 10.6 Å². The molecule has 0 aromatic heterocycles. The Morgan fingerprint density at radius 1 is 1.37 bits per heavy atom. The predicted octanol–water partition coefficient (Wildman–Crippen LogP) is 2.16. The molecule has 0 unspecified atom stereocenters. The van der Waals surface area contributed by atoms with Crippen LogP contribution in [0, 0.1) is 5.92 Å². The third-order valence-electron chi connectivity index (χ3n) is 3.52. The number of carbonyl (C=O) groups excluding carboxylic acids is 1. The molecule has 2 N–H and O–H groups in total. The number of para-hydroxylation sites is 1. The molecule has 0 radical (unpaired) electrons. The Morgan fingerprint density at radius 2 is 2.11 bits per heavy atom. The molecule has 1 heterocycles. The van der Waals surface area contributed by atoms with Crippen LogP contribution in [0.25, 0.3) is 0 Å². The van der Waals surface area contributed by atoms with E-state index in [0.29, 0.717) is 18.9 Å². The first-order chi connectivity index (χ1) is 9.29. The van der Waals surface area contributed by atoms with E-state index >= 15 is 0 Å². The van der Waals surface area contributed by atoms with Gasteiger partial charge in [0, 0.05) is 24.8 Å². The van der Waals surface area contributed by atoms with Gasteiger partial charge in [0.05, 0.1) is 6.61 Å². The molecular formula is C15H22N2O2. The number of anilines is 1. The average Bonchev–Trinajstić information content (AvgIpc) is 2.42. The van der Waals surface area contributed by atoms with E-state index in [4.69, 9.17) is 4.74 Å². The second-order valence-corrected chi connectivity index (χ2v) is 5.04. The lowest BCUT2D eigenvalue weighted by Crippen LogP contribution is -2.30. The fourth-order valence-electron chi connectivity index (χ4n) is 2.47.